The van der Waals surface area contributed by atoms with Gasteiger partial charge in [0.2, 0.25) is 5.91 Å². The average molecular weight is 379 g/mol. The van der Waals surface area contributed by atoms with E-state index in [1.54, 1.807) is 36.4 Å². The van der Waals surface area contributed by atoms with Gasteiger partial charge in [-0.25, -0.2) is 4.79 Å². The Balaban J connectivity index is 1.86. The van der Waals surface area contributed by atoms with E-state index in [1.807, 2.05) is 6.92 Å². The monoisotopic (exact) mass is 379 g/mol. The van der Waals surface area contributed by atoms with E-state index in [4.69, 9.17) is 9.84 Å². The van der Waals surface area contributed by atoms with Gasteiger partial charge in [0.25, 0.3) is 0 Å². The van der Waals surface area contributed by atoms with Crippen LogP contribution in [0.4, 0.5) is 8.78 Å². The van der Waals surface area contributed by atoms with Crippen molar-refractivity contribution in [2.24, 2.45) is 0 Å². The number of nitrogens with one attached hydrogen (secondary N) is 1. The third-order valence-electron chi connectivity index (χ3n) is 3.63. The number of alkyl halides is 2. The van der Waals surface area contributed by atoms with Crippen molar-refractivity contribution in [3.05, 3.63) is 59.7 Å². The minimum atomic E-state index is -2.89. The zero-order chi connectivity index (χ0) is 19.8. The topological polar surface area (TPSA) is 84.9 Å². The lowest BCUT2D eigenvalue weighted by atomic mass is 10.1. The van der Waals surface area contributed by atoms with Gasteiger partial charge in [0.05, 0.1) is 12.5 Å². The van der Waals surface area contributed by atoms with Gasteiger partial charge in [-0.05, 0) is 42.3 Å². The molecular formula is C19H19F2NO5. The number of amides is 1. The number of hydrogen-bond donors (Lipinski definition) is 2. The predicted molar refractivity (Wildman–Crippen MR) is 92.9 cm³/mol. The van der Waals surface area contributed by atoms with Gasteiger partial charge in [-0.3, -0.25) is 4.79 Å². The van der Waals surface area contributed by atoms with Gasteiger partial charge < -0.3 is 19.9 Å². The Morgan fingerprint density at radius 1 is 1.04 bits per heavy atom. The molecule has 2 aromatic rings. The number of carboxylic acid groups (broad SMARTS) is 1. The Morgan fingerprint density at radius 2 is 1.63 bits per heavy atom. The molecule has 0 aliphatic heterocycles. The number of hydrogen-bond acceptors (Lipinski definition) is 4. The molecule has 0 bridgehead atoms. The molecule has 0 aromatic heterocycles. The van der Waals surface area contributed by atoms with Crippen LogP contribution in [0.25, 0.3) is 0 Å². The zero-order valence-electron chi connectivity index (χ0n) is 14.5. The van der Waals surface area contributed by atoms with E-state index < -0.39 is 19.2 Å². The molecule has 144 valence electrons. The van der Waals surface area contributed by atoms with Crippen LogP contribution in [0.1, 0.15) is 24.1 Å². The van der Waals surface area contributed by atoms with Gasteiger partial charge in [-0.2, -0.15) is 8.78 Å². The van der Waals surface area contributed by atoms with Gasteiger partial charge in [0.15, 0.2) is 6.61 Å². The molecule has 8 heteroatoms. The van der Waals surface area contributed by atoms with Crippen LogP contribution in [-0.4, -0.2) is 30.2 Å². The first-order valence-electron chi connectivity index (χ1n) is 8.11. The molecule has 6 nitrogen and oxygen atoms in total. The van der Waals surface area contributed by atoms with Crippen molar-refractivity contribution in [3.8, 4) is 11.5 Å². The van der Waals surface area contributed by atoms with Gasteiger partial charge in [0, 0.05) is 0 Å². The third-order valence-corrected chi connectivity index (χ3v) is 3.63. The smallest absolute Gasteiger partial charge is 0.387 e. The summed E-state index contributed by atoms with van der Waals surface area (Å²) in [6.45, 7) is -1.50. The fraction of sp³-hybridized carbons (Fsp3) is 0.263. The molecule has 0 saturated carbocycles. The summed E-state index contributed by atoms with van der Waals surface area (Å²) < 4.78 is 33.5. The van der Waals surface area contributed by atoms with Crippen LogP contribution in [0.5, 0.6) is 11.5 Å². The van der Waals surface area contributed by atoms with Crippen molar-refractivity contribution < 1.29 is 33.0 Å². The fourth-order valence-electron chi connectivity index (χ4n) is 2.35. The van der Waals surface area contributed by atoms with Crippen LogP contribution < -0.4 is 14.8 Å². The number of rotatable bonds is 9. The van der Waals surface area contributed by atoms with Crippen LogP contribution >= 0.6 is 0 Å². The Labute approximate surface area is 154 Å². The van der Waals surface area contributed by atoms with Crippen LogP contribution in [0.3, 0.4) is 0 Å². The van der Waals surface area contributed by atoms with Gasteiger partial charge in [0.1, 0.15) is 11.5 Å². The highest BCUT2D eigenvalue weighted by Gasteiger charge is 2.11. The van der Waals surface area contributed by atoms with Gasteiger partial charge in [-0.1, -0.05) is 24.3 Å². The van der Waals surface area contributed by atoms with E-state index in [-0.39, 0.29) is 24.1 Å². The first-order chi connectivity index (χ1) is 12.8. The van der Waals surface area contributed by atoms with Gasteiger partial charge in [-0.15, -0.1) is 0 Å². The molecular weight excluding hydrogens is 360 g/mol. The number of aliphatic carboxylic acids is 1. The number of carboxylic acids is 1. The normalized spacial score (nSPS) is 11.7. The second-order valence-corrected chi connectivity index (χ2v) is 5.74. The SMILES string of the molecule is CC(NC(=O)Cc1ccc(OC(F)F)cc1)c1ccc(OCC(=O)O)cc1. The molecule has 0 spiro atoms. The molecule has 27 heavy (non-hydrogen) atoms. The Bertz CT molecular complexity index is 763. The van der Waals surface area contributed by atoms with Crippen LogP contribution in [0.15, 0.2) is 48.5 Å². The molecule has 1 amide bonds. The lowest BCUT2D eigenvalue weighted by Gasteiger charge is -2.15. The first kappa shape index (κ1) is 20.2. The van der Waals surface area contributed by atoms with Crippen LogP contribution in [-0.2, 0) is 16.0 Å². The molecule has 0 aliphatic carbocycles. The van der Waals surface area contributed by atoms with E-state index in [0.717, 1.165) is 5.56 Å². The van der Waals surface area contributed by atoms with Crippen molar-refractivity contribution >= 4 is 11.9 Å². The fourth-order valence-corrected chi connectivity index (χ4v) is 2.35. The maximum absolute atomic E-state index is 12.2. The Morgan fingerprint density at radius 3 is 2.19 bits per heavy atom. The van der Waals surface area contributed by atoms with E-state index >= 15 is 0 Å². The van der Waals surface area contributed by atoms with Crippen molar-refractivity contribution in [1.82, 2.24) is 5.32 Å². The molecule has 0 heterocycles. The first-order valence-corrected chi connectivity index (χ1v) is 8.11. The molecule has 0 fully saturated rings. The highest BCUT2D eigenvalue weighted by molar-refractivity contribution is 5.79. The second kappa shape index (κ2) is 9.51. The van der Waals surface area contributed by atoms with Gasteiger partial charge >= 0.3 is 12.6 Å². The number of ether oxygens (including phenoxy) is 2. The lowest BCUT2D eigenvalue weighted by Crippen LogP contribution is -2.28. The van der Waals surface area contributed by atoms with Crippen molar-refractivity contribution in [1.29, 1.82) is 0 Å². The summed E-state index contributed by atoms with van der Waals surface area (Å²) in [6, 6.07) is 12.3. The van der Waals surface area contributed by atoms with Crippen molar-refractivity contribution in [2.75, 3.05) is 6.61 Å². The third kappa shape index (κ3) is 6.93. The zero-order valence-corrected chi connectivity index (χ0v) is 14.5. The molecule has 2 aromatic carbocycles. The minimum Gasteiger partial charge on any atom is -0.482 e. The molecule has 2 N–H and O–H groups in total. The molecule has 0 radical (unpaired) electrons. The van der Waals surface area contributed by atoms with E-state index in [1.165, 1.54) is 12.1 Å². The summed E-state index contributed by atoms with van der Waals surface area (Å²) in [4.78, 5) is 22.6. The highest BCUT2D eigenvalue weighted by atomic mass is 19.3. The largest absolute Gasteiger partial charge is 0.482 e. The lowest BCUT2D eigenvalue weighted by molar-refractivity contribution is -0.139. The second-order valence-electron chi connectivity index (χ2n) is 5.74. The molecule has 1 unspecified atom stereocenters. The van der Waals surface area contributed by atoms with E-state index in [9.17, 15) is 18.4 Å². The number of carbonyl (C=O) groups is 2. The number of halogens is 2. The average Bonchev–Trinajstić information content (AvgIpc) is 2.61. The Hall–Kier alpha value is -3.16. The number of carbonyl (C=O) groups excluding carboxylic acids is 1. The Kier molecular flexibility index (Phi) is 7.10. The van der Waals surface area contributed by atoms with E-state index in [0.29, 0.717) is 11.3 Å². The maximum atomic E-state index is 12.2. The van der Waals surface area contributed by atoms with E-state index in [2.05, 4.69) is 10.1 Å². The van der Waals surface area contributed by atoms with Crippen LogP contribution in [0.2, 0.25) is 0 Å². The quantitative estimate of drug-likeness (QED) is 0.699. The minimum absolute atomic E-state index is 0.0349. The summed E-state index contributed by atoms with van der Waals surface area (Å²) >= 11 is 0. The summed E-state index contributed by atoms with van der Waals surface area (Å²) in [7, 11) is 0. The number of benzene rings is 2. The summed E-state index contributed by atoms with van der Waals surface area (Å²) in [5.74, 6) is -0.830. The maximum Gasteiger partial charge on any atom is 0.387 e. The molecule has 0 aliphatic rings. The summed E-state index contributed by atoms with van der Waals surface area (Å²) in [6.07, 6.45) is 0.0963. The standard InChI is InChI=1S/C19H19F2NO5/c1-12(14-4-8-15(9-5-14)26-11-18(24)25)22-17(23)10-13-2-6-16(7-3-13)27-19(20)21/h2-9,12,19H,10-11H2,1H3,(H,22,23)(H,24,25). The van der Waals surface area contributed by atoms with Crippen LogP contribution in [0, 0.1) is 0 Å². The predicted octanol–water partition coefficient (Wildman–Crippen LogP) is 3.17. The summed E-state index contributed by atoms with van der Waals surface area (Å²) in [5.41, 5.74) is 1.49. The summed E-state index contributed by atoms with van der Waals surface area (Å²) in [5, 5.41) is 11.4. The molecule has 2 rings (SSSR count). The molecule has 1 atom stereocenters. The molecule has 0 saturated heterocycles. The van der Waals surface area contributed by atoms with Crippen molar-refractivity contribution in [3.63, 3.8) is 0 Å². The van der Waals surface area contributed by atoms with Crippen molar-refractivity contribution in [2.45, 2.75) is 26.0 Å². The highest BCUT2D eigenvalue weighted by Crippen LogP contribution is 2.18.